The maximum Gasteiger partial charge on any atom is 0.312 e. The Labute approximate surface area is 107 Å². The normalized spacial score (nSPS) is 11.3. The third kappa shape index (κ3) is 3.94. The number of nitrogens with one attached hydrogen (secondary N) is 1. The molecular formula is C10H14BrN3O3. The molecule has 6 nitrogen and oxygen atoms in total. The molecule has 0 radical (unpaired) electrons. The third-order valence-electron chi connectivity index (χ3n) is 2.19. The molecule has 0 bridgehead atoms. The first kappa shape index (κ1) is 13.9. The zero-order chi connectivity index (χ0) is 13.1. The van der Waals surface area contributed by atoms with Crippen LogP contribution < -0.4 is 5.32 Å². The molecule has 7 heteroatoms. The zero-order valence-electron chi connectivity index (χ0n) is 9.61. The molecule has 17 heavy (non-hydrogen) atoms. The summed E-state index contributed by atoms with van der Waals surface area (Å²) in [6, 6.07) is 1.39. The van der Waals surface area contributed by atoms with Crippen molar-refractivity contribution in [1.82, 2.24) is 4.98 Å². The van der Waals surface area contributed by atoms with Gasteiger partial charge in [-0.25, -0.2) is 4.98 Å². The molecule has 1 heterocycles. The summed E-state index contributed by atoms with van der Waals surface area (Å²) in [6.45, 7) is 4.10. The predicted molar refractivity (Wildman–Crippen MR) is 67.9 cm³/mol. The summed E-state index contributed by atoms with van der Waals surface area (Å²) in [5.41, 5.74) is -0.448. The van der Waals surface area contributed by atoms with Crippen LogP contribution in [0.5, 0.6) is 0 Å². The number of rotatable bonds is 5. The summed E-state index contributed by atoms with van der Waals surface area (Å²) in [5.74, 6) is 0.208. The molecule has 0 saturated carbocycles. The van der Waals surface area contributed by atoms with Crippen LogP contribution in [-0.4, -0.2) is 28.2 Å². The number of aromatic nitrogens is 1. The summed E-state index contributed by atoms with van der Waals surface area (Å²) in [4.78, 5) is 14.3. The van der Waals surface area contributed by atoms with E-state index in [1.54, 1.807) is 0 Å². The molecule has 1 aromatic rings. The lowest BCUT2D eigenvalue weighted by atomic mass is 9.95. The lowest BCUT2D eigenvalue weighted by Gasteiger charge is -2.21. The van der Waals surface area contributed by atoms with Crippen LogP contribution in [0.3, 0.4) is 0 Å². The van der Waals surface area contributed by atoms with Crippen molar-refractivity contribution in [3.05, 3.63) is 26.9 Å². The highest BCUT2D eigenvalue weighted by molar-refractivity contribution is 9.10. The molecule has 0 aliphatic heterocycles. The second-order valence-corrected chi connectivity index (χ2v) is 5.37. The van der Waals surface area contributed by atoms with Gasteiger partial charge in [0.05, 0.1) is 4.92 Å². The summed E-state index contributed by atoms with van der Waals surface area (Å²) in [6.07, 6.45) is 1.49. The van der Waals surface area contributed by atoms with E-state index in [2.05, 4.69) is 26.2 Å². The average molecular weight is 304 g/mol. The van der Waals surface area contributed by atoms with Crippen molar-refractivity contribution in [3.63, 3.8) is 0 Å². The molecule has 0 aliphatic carbocycles. The molecule has 0 saturated heterocycles. The van der Waals surface area contributed by atoms with E-state index in [0.29, 0.717) is 11.0 Å². The lowest BCUT2D eigenvalue weighted by molar-refractivity contribution is -0.384. The number of nitrogens with zero attached hydrogens (tertiary/aromatic N) is 2. The Morgan fingerprint density at radius 3 is 2.82 bits per heavy atom. The van der Waals surface area contributed by atoms with Crippen LogP contribution >= 0.6 is 15.9 Å². The highest BCUT2D eigenvalue weighted by Gasteiger charge is 2.20. The van der Waals surface area contributed by atoms with Gasteiger partial charge in [0.2, 0.25) is 5.82 Å². The monoisotopic (exact) mass is 303 g/mol. The largest absolute Gasteiger partial charge is 0.396 e. The quantitative estimate of drug-likeness (QED) is 0.643. The molecule has 0 aliphatic rings. The van der Waals surface area contributed by atoms with E-state index in [1.165, 1.54) is 12.3 Å². The van der Waals surface area contributed by atoms with Crippen LogP contribution in [0.25, 0.3) is 0 Å². The standard InChI is InChI=1S/C10H14BrN3O3/c1-10(2,6-15)5-13-9-8(14(16)17)3-7(11)4-12-9/h3-4,15H,5-6H2,1-2H3,(H,12,13). The van der Waals surface area contributed by atoms with Crippen molar-refractivity contribution in [1.29, 1.82) is 0 Å². The van der Waals surface area contributed by atoms with Crippen molar-refractivity contribution in [2.75, 3.05) is 18.5 Å². The Kier molecular flexibility index (Phi) is 4.41. The van der Waals surface area contributed by atoms with Gasteiger partial charge in [-0.2, -0.15) is 0 Å². The Bertz CT molecular complexity index is 423. The highest BCUT2D eigenvalue weighted by atomic mass is 79.9. The molecule has 0 atom stereocenters. The number of halogens is 1. The number of aliphatic hydroxyl groups is 1. The summed E-state index contributed by atoms with van der Waals surface area (Å²) in [5, 5.41) is 22.8. The van der Waals surface area contributed by atoms with Gasteiger partial charge in [-0.05, 0) is 15.9 Å². The third-order valence-corrected chi connectivity index (χ3v) is 2.63. The SMILES string of the molecule is CC(C)(CO)CNc1ncc(Br)cc1[N+](=O)[O-]. The van der Waals surface area contributed by atoms with Crippen LogP contribution in [0.2, 0.25) is 0 Å². The van der Waals surface area contributed by atoms with E-state index < -0.39 is 4.92 Å². The fraction of sp³-hybridized carbons (Fsp3) is 0.500. The minimum absolute atomic E-state index is 0.00960. The van der Waals surface area contributed by atoms with Gasteiger partial charge in [-0.3, -0.25) is 10.1 Å². The van der Waals surface area contributed by atoms with Gasteiger partial charge in [-0.15, -0.1) is 0 Å². The van der Waals surface area contributed by atoms with Gasteiger partial charge >= 0.3 is 5.69 Å². The Balaban J connectivity index is 2.88. The van der Waals surface area contributed by atoms with Gasteiger partial charge in [0.1, 0.15) is 0 Å². The van der Waals surface area contributed by atoms with E-state index in [4.69, 9.17) is 5.11 Å². The predicted octanol–water partition coefficient (Wildman–Crippen LogP) is 2.18. The summed E-state index contributed by atoms with van der Waals surface area (Å²) in [7, 11) is 0. The summed E-state index contributed by atoms with van der Waals surface area (Å²) >= 11 is 3.13. The Morgan fingerprint density at radius 1 is 1.65 bits per heavy atom. The first-order valence-electron chi connectivity index (χ1n) is 5.00. The second kappa shape index (κ2) is 5.42. The maximum atomic E-state index is 10.8. The number of pyridine rings is 1. The number of aliphatic hydroxyl groups excluding tert-OH is 1. The van der Waals surface area contributed by atoms with Gasteiger partial charge in [-0.1, -0.05) is 13.8 Å². The molecule has 1 rings (SSSR count). The molecule has 0 fully saturated rings. The van der Waals surface area contributed by atoms with E-state index >= 15 is 0 Å². The second-order valence-electron chi connectivity index (χ2n) is 4.45. The van der Waals surface area contributed by atoms with Gasteiger partial charge in [0.15, 0.2) is 0 Å². The number of hydrogen-bond acceptors (Lipinski definition) is 5. The van der Waals surface area contributed by atoms with Gasteiger partial charge in [0, 0.05) is 35.3 Å². The molecule has 0 spiro atoms. The number of hydrogen-bond donors (Lipinski definition) is 2. The first-order valence-corrected chi connectivity index (χ1v) is 5.80. The molecule has 2 N–H and O–H groups in total. The van der Waals surface area contributed by atoms with Crippen LogP contribution in [0, 0.1) is 15.5 Å². The molecule has 94 valence electrons. The van der Waals surface area contributed by atoms with Crippen molar-refractivity contribution < 1.29 is 10.0 Å². The number of nitro groups is 1. The minimum Gasteiger partial charge on any atom is -0.396 e. The van der Waals surface area contributed by atoms with Crippen LogP contribution in [0.15, 0.2) is 16.7 Å². The molecular weight excluding hydrogens is 290 g/mol. The minimum atomic E-state index is -0.494. The van der Waals surface area contributed by atoms with Crippen molar-refractivity contribution in [2.24, 2.45) is 5.41 Å². The van der Waals surface area contributed by atoms with E-state index in [0.717, 1.165) is 0 Å². The molecule has 0 aromatic carbocycles. The van der Waals surface area contributed by atoms with E-state index in [-0.39, 0.29) is 23.5 Å². The fourth-order valence-electron chi connectivity index (χ4n) is 1.08. The Hall–Kier alpha value is -1.21. The van der Waals surface area contributed by atoms with E-state index in [1.807, 2.05) is 13.8 Å². The molecule has 0 unspecified atom stereocenters. The van der Waals surface area contributed by atoms with E-state index in [9.17, 15) is 10.1 Å². The molecule has 1 aromatic heterocycles. The highest BCUT2D eigenvalue weighted by Crippen LogP contribution is 2.26. The average Bonchev–Trinajstić information content (AvgIpc) is 2.27. The van der Waals surface area contributed by atoms with Crippen molar-refractivity contribution in [3.8, 4) is 0 Å². The first-order chi connectivity index (χ1) is 7.85. The van der Waals surface area contributed by atoms with Crippen LogP contribution in [-0.2, 0) is 0 Å². The smallest absolute Gasteiger partial charge is 0.312 e. The van der Waals surface area contributed by atoms with Gasteiger partial charge < -0.3 is 10.4 Å². The van der Waals surface area contributed by atoms with Crippen molar-refractivity contribution >= 4 is 27.4 Å². The number of anilines is 1. The lowest BCUT2D eigenvalue weighted by Crippen LogP contribution is -2.27. The Morgan fingerprint density at radius 2 is 2.29 bits per heavy atom. The zero-order valence-corrected chi connectivity index (χ0v) is 11.2. The van der Waals surface area contributed by atoms with Crippen molar-refractivity contribution in [2.45, 2.75) is 13.8 Å². The summed E-state index contributed by atoms with van der Waals surface area (Å²) < 4.78 is 0.552. The molecule has 0 amide bonds. The van der Waals surface area contributed by atoms with Crippen LogP contribution in [0.1, 0.15) is 13.8 Å². The maximum absolute atomic E-state index is 10.8. The topological polar surface area (TPSA) is 88.3 Å². The van der Waals surface area contributed by atoms with Gasteiger partial charge in [0.25, 0.3) is 0 Å². The van der Waals surface area contributed by atoms with Crippen LogP contribution in [0.4, 0.5) is 11.5 Å². The fourth-order valence-corrected chi connectivity index (χ4v) is 1.40.